The molecule has 222 valence electrons. The van der Waals surface area contributed by atoms with Gasteiger partial charge in [-0.2, -0.15) is 0 Å². The van der Waals surface area contributed by atoms with Gasteiger partial charge in [-0.25, -0.2) is 15.0 Å². The highest BCUT2D eigenvalue weighted by molar-refractivity contribution is 7.22. The summed E-state index contributed by atoms with van der Waals surface area (Å²) in [6, 6.07) is 15.4. The summed E-state index contributed by atoms with van der Waals surface area (Å²) in [7, 11) is 0. The van der Waals surface area contributed by atoms with Crippen LogP contribution in [0, 0.1) is 11.3 Å². The van der Waals surface area contributed by atoms with E-state index in [1.807, 2.05) is 47.4 Å². The molecule has 43 heavy (non-hydrogen) atoms. The van der Waals surface area contributed by atoms with Crippen LogP contribution in [0.2, 0.25) is 0 Å². The molecule has 2 aromatic carbocycles. The number of thiazole rings is 1. The number of carbonyl (C=O) groups is 2. The van der Waals surface area contributed by atoms with Crippen LogP contribution < -0.4 is 5.32 Å². The van der Waals surface area contributed by atoms with E-state index >= 15 is 0 Å². The Morgan fingerprint density at radius 1 is 1.02 bits per heavy atom. The molecule has 10 heteroatoms. The van der Waals surface area contributed by atoms with Gasteiger partial charge in [-0.3, -0.25) is 9.59 Å². The number of hydrogen-bond donors (Lipinski definition) is 2. The Hall–Kier alpha value is -3.73. The molecule has 1 saturated heterocycles. The van der Waals surface area contributed by atoms with Crippen LogP contribution in [0.15, 0.2) is 60.9 Å². The number of anilines is 1. The summed E-state index contributed by atoms with van der Waals surface area (Å²) in [6.45, 7) is 1.77. The van der Waals surface area contributed by atoms with Crippen LogP contribution in [-0.4, -0.2) is 62.1 Å². The quantitative estimate of drug-likeness (QED) is 0.291. The van der Waals surface area contributed by atoms with Crippen molar-refractivity contribution in [2.75, 3.05) is 18.4 Å². The molecule has 7 rings (SSSR count). The predicted octanol–water partition coefficient (Wildman–Crippen LogP) is 5.45. The minimum absolute atomic E-state index is 0.0180. The molecule has 1 aliphatic heterocycles. The first-order chi connectivity index (χ1) is 20.9. The van der Waals surface area contributed by atoms with Gasteiger partial charge in [-0.1, -0.05) is 35.6 Å². The van der Waals surface area contributed by atoms with Crippen LogP contribution in [0.4, 0.5) is 5.13 Å². The summed E-state index contributed by atoms with van der Waals surface area (Å²) >= 11 is 1.47. The predicted molar refractivity (Wildman–Crippen MR) is 164 cm³/mol. The summed E-state index contributed by atoms with van der Waals surface area (Å²) < 4.78 is 6.78. The average Bonchev–Trinajstić information content (AvgIpc) is 3.63. The summed E-state index contributed by atoms with van der Waals surface area (Å²) in [4.78, 5) is 41.4. The Morgan fingerprint density at radius 3 is 2.51 bits per heavy atom. The first-order valence-electron chi connectivity index (χ1n) is 15.1. The van der Waals surface area contributed by atoms with Crippen LogP contribution >= 0.6 is 11.3 Å². The minimum atomic E-state index is -0.396. The third-order valence-electron chi connectivity index (χ3n) is 9.36. The van der Waals surface area contributed by atoms with E-state index < -0.39 is 6.10 Å². The first-order valence-corrected chi connectivity index (χ1v) is 15.9. The molecule has 2 N–H and O–H groups in total. The zero-order valence-corrected chi connectivity index (χ0v) is 24.8. The van der Waals surface area contributed by atoms with Crippen molar-refractivity contribution in [3.63, 3.8) is 0 Å². The van der Waals surface area contributed by atoms with E-state index in [9.17, 15) is 14.7 Å². The first kappa shape index (κ1) is 28.1. The number of ether oxygens (including phenoxy) is 1. The topological polar surface area (TPSA) is 118 Å². The number of fused-ring (bicyclic) bond motifs is 1. The Labute approximate surface area is 254 Å². The molecule has 0 unspecified atom stereocenters. The van der Waals surface area contributed by atoms with Crippen molar-refractivity contribution in [1.29, 1.82) is 0 Å². The van der Waals surface area contributed by atoms with Crippen molar-refractivity contribution in [2.24, 2.45) is 11.3 Å². The molecular formula is C33H35N5O4S. The lowest BCUT2D eigenvalue weighted by atomic mass is 9.57. The second-order valence-corrected chi connectivity index (χ2v) is 13.2. The van der Waals surface area contributed by atoms with Gasteiger partial charge in [-0.15, -0.1) is 0 Å². The zero-order valence-electron chi connectivity index (χ0n) is 23.9. The van der Waals surface area contributed by atoms with Gasteiger partial charge in [0.25, 0.3) is 5.91 Å². The lowest BCUT2D eigenvalue weighted by molar-refractivity contribution is -0.129. The fourth-order valence-electron chi connectivity index (χ4n) is 6.75. The van der Waals surface area contributed by atoms with Gasteiger partial charge in [0, 0.05) is 42.5 Å². The fraction of sp³-hybridized carbons (Fsp3) is 0.424. The summed E-state index contributed by atoms with van der Waals surface area (Å²) in [6.07, 6.45) is 9.31. The number of nitrogens with one attached hydrogen (secondary N) is 1. The van der Waals surface area contributed by atoms with E-state index in [0.717, 1.165) is 84.9 Å². The maximum atomic E-state index is 13.1. The highest BCUT2D eigenvalue weighted by Crippen LogP contribution is 2.53. The number of likely N-dealkylation sites (tertiary alicyclic amines) is 1. The number of amides is 2. The average molecular weight is 598 g/mol. The summed E-state index contributed by atoms with van der Waals surface area (Å²) in [5.41, 5.74) is 3.61. The largest absolute Gasteiger partial charge is 0.390 e. The lowest BCUT2D eigenvalue weighted by Gasteiger charge is -2.51. The highest BCUT2D eigenvalue weighted by atomic mass is 32.1. The SMILES string of the molecule is O=C(Nc1nc2ccc(-c3cnc(CO[C@H]4CCC[C@@H]4O)nc3)cc2s1)C1CC2(CCN(C(=O)c3ccccc3)CC2)C1. The van der Waals surface area contributed by atoms with Crippen LogP contribution in [0.3, 0.4) is 0 Å². The maximum absolute atomic E-state index is 13.1. The van der Waals surface area contributed by atoms with Crippen LogP contribution in [0.1, 0.15) is 61.1 Å². The second kappa shape index (κ2) is 11.7. The smallest absolute Gasteiger partial charge is 0.253 e. The number of benzene rings is 2. The Kier molecular flexibility index (Phi) is 7.67. The van der Waals surface area contributed by atoms with E-state index in [1.54, 1.807) is 12.4 Å². The van der Waals surface area contributed by atoms with Gasteiger partial charge >= 0.3 is 0 Å². The van der Waals surface area contributed by atoms with E-state index in [1.165, 1.54) is 11.3 Å². The number of aromatic nitrogens is 3. The third-order valence-corrected chi connectivity index (χ3v) is 10.3. The Balaban J connectivity index is 0.918. The number of piperidine rings is 1. The molecule has 2 saturated carbocycles. The molecule has 3 aliphatic rings. The molecule has 0 bridgehead atoms. The van der Waals surface area contributed by atoms with E-state index in [4.69, 9.17) is 4.74 Å². The van der Waals surface area contributed by atoms with Gasteiger partial charge in [0.2, 0.25) is 5.91 Å². The number of aliphatic hydroxyl groups excluding tert-OH is 1. The van der Waals surface area contributed by atoms with Crippen LogP contribution in [0.25, 0.3) is 21.3 Å². The van der Waals surface area contributed by atoms with Crippen molar-refractivity contribution in [3.8, 4) is 11.1 Å². The van der Waals surface area contributed by atoms with Crippen molar-refractivity contribution < 1.29 is 19.4 Å². The normalized spacial score (nSPS) is 21.7. The molecular weight excluding hydrogens is 562 g/mol. The summed E-state index contributed by atoms with van der Waals surface area (Å²) in [5.74, 6) is 0.702. The molecule has 1 spiro atoms. The van der Waals surface area contributed by atoms with Gasteiger partial charge < -0.3 is 20.1 Å². The van der Waals surface area contributed by atoms with Crippen molar-refractivity contribution in [1.82, 2.24) is 19.9 Å². The number of rotatable bonds is 7. The molecule has 2 aromatic heterocycles. The number of carbonyl (C=O) groups excluding carboxylic acids is 2. The van der Waals surface area contributed by atoms with Crippen LogP contribution in [0.5, 0.6) is 0 Å². The molecule has 3 heterocycles. The van der Waals surface area contributed by atoms with Gasteiger partial charge in [0.05, 0.1) is 22.4 Å². The molecule has 9 nitrogen and oxygen atoms in total. The van der Waals surface area contributed by atoms with Crippen LogP contribution in [-0.2, 0) is 16.1 Å². The molecule has 0 radical (unpaired) electrons. The lowest BCUT2D eigenvalue weighted by Crippen LogP contribution is -2.51. The molecule has 2 atom stereocenters. The molecule has 2 amide bonds. The standard InChI is InChI=1S/C33H35N5O4S/c39-26-7-4-8-27(26)42-20-29-34-18-24(19-35-29)22-9-10-25-28(15-22)43-32(36-25)37-30(40)23-16-33(17-23)11-13-38(14-12-33)31(41)21-5-2-1-3-6-21/h1-3,5-6,9-10,15,18-19,23,26-27,39H,4,7-8,11-14,16-17,20H2,(H,36,37,40)/t26-,27-/m0/s1. The van der Waals surface area contributed by atoms with Gasteiger partial charge in [0.1, 0.15) is 6.61 Å². The summed E-state index contributed by atoms with van der Waals surface area (Å²) in [5, 5.41) is 13.6. The monoisotopic (exact) mass is 597 g/mol. The minimum Gasteiger partial charge on any atom is -0.390 e. The second-order valence-electron chi connectivity index (χ2n) is 12.2. The van der Waals surface area contributed by atoms with Crippen molar-refractivity contribution in [3.05, 3.63) is 72.3 Å². The highest BCUT2D eigenvalue weighted by Gasteiger charge is 2.49. The zero-order chi connectivity index (χ0) is 29.4. The number of aliphatic hydroxyl groups is 1. The molecule has 3 fully saturated rings. The van der Waals surface area contributed by atoms with Gasteiger partial charge in [-0.05, 0) is 80.2 Å². The fourth-order valence-corrected chi connectivity index (χ4v) is 7.66. The maximum Gasteiger partial charge on any atom is 0.253 e. The molecule has 4 aromatic rings. The molecule has 2 aliphatic carbocycles. The van der Waals surface area contributed by atoms with E-state index in [0.29, 0.717) is 11.0 Å². The van der Waals surface area contributed by atoms with Gasteiger partial charge in [0.15, 0.2) is 11.0 Å². The Bertz CT molecular complexity index is 1610. The Morgan fingerprint density at radius 2 is 1.79 bits per heavy atom. The van der Waals surface area contributed by atoms with E-state index in [-0.39, 0.29) is 35.9 Å². The number of hydrogen-bond acceptors (Lipinski definition) is 8. The number of nitrogens with zero attached hydrogens (tertiary/aromatic N) is 4. The van der Waals surface area contributed by atoms with Crippen molar-refractivity contribution in [2.45, 2.75) is 63.8 Å². The van der Waals surface area contributed by atoms with E-state index in [2.05, 4.69) is 26.3 Å². The third kappa shape index (κ3) is 5.91. The van der Waals surface area contributed by atoms with Crippen molar-refractivity contribution >= 4 is 38.5 Å².